The zero-order chi connectivity index (χ0) is 20.5. The topological polar surface area (TPSA) is 40.2 Å². The second-order valence-corrected chi connectivity index (χ2v) is 8.33. The van der Waals surface area contributed by atoms with E-state index < -0.39 is 0 Å². The minimum Gasteiger partial charge on any atom is -0.493 e. The van der Waals surface area contributed by atoms with E-state index in [1.54, 1.807) is 14.2 Å². The number of methoxy groups -OCH3 is 2. The van der Waals surface area contributed by atoms with Crippen molar-refractivity contribution in [2.24, 2.45) is 0 Å². The third-order valence-electron chi connectivity index (χ3n) is 6.34. The predicted molar refractivity (Wildman–Crippen MR) is 116 cm³/mol. The Labute approximate surface area is 176 Å². The van der Waals surface area contributed by atoms with Crippen LogP contribution in [0.5, 0.6) is 11.5 Å². The molecular weight excluding hydrogens is 366 g/mol. The van der Waals surface area contributed by atoms with E-state index in [2.05, 4.69) is 24.0 Å². The van der Waals surface area contributed by atoms with Crippen LogP contribution in [-0.2, 0) is 15.9 Å². The molecule has 1 saturated carbocycles. The zero-order valence-corrected chi connectivity index (χ0v) is 18.5. The summed E-state index contributed by atoms with van der Waals surface area (Å²) in [4.78, 5) is 2.64. The maximum absolute atomic E-state index is 6.42. The van der Waals surface area contributed by atoms with E-state index in [-0.39, 0.29) is 0 Å². The molecule has 0 N–H and O–H groups in total. The fourth-order valence-electron chi connectivity index (χ4n) is 4.64. The number of rotatable bonds is 11. The van der Waals surface area contributed by atoms with Crippen LogP contribution in [0.25, 0.3) is 0 Å². The van der Waals surface area contributed by atoms with Crippen molar-refractivity contribution in [3.05, 3.63) is 23.8 Å². The van der Waals surface area contributed by atoms with Crippen molar-refractivity contribution in [3.63, 3.8) is 0 Å². The highest BCUT2D eigenvalue weighted by Crippen LogP contribution is 2.30. The molecule has 2 fully saturated rings. The molecule has 0 unspecified atom stereocenters. The van der Waals surface area contributed by atoms with Gasteiger partial charge in [-0.3, -0.25) is 4.90 Å². The number of nitrogens with zero attached hydrogens (tertiary/aromatic N) is 1. The van der Waals surface area contributed by atoms with Crippen LogP contribution in [0.15, 0.2) is 18.2 Å². The van der Waals surface area contributed by atoms with Crippen molar-refractivity contribution in [1.29, 1.82) is 0 Å². The minimum atomic E-state index is 0.346. The van der Waals surface area contributed by atoms with Crippen LogP contribution in [-0.4, -0.2) is 63.7 Å². The summed E-state index contributed by atoms with van der Waals surface area (Å²) in [5.74, 6) is 1.56. The van der Waals surface area contributed by atoms with E-state index in [0.29, 0.717) is 18.2 Å². The molecule has 1 aliphatic carbocycles. The Morgan fingerprint density at radius 3 is 2.59 bits per heavy atom. The first-order chi connectivity index (χ1) is 14.2. The standard InChI is InChI=1S/C24H39NO4/c1-4-5-15-28-20-12-14-25(18-20)21-8-6-7-9-22(21)29-16-13-19-10-11-23(26-2)24(17-19)27-3/h10-11,17,20-22H,4-9,12-16,18H2,1-3H3/t20-,21-,22-/m1/s1. The third-order valence-corrected chi connectivity index (χ3v) is 6.34. The summed E-state index contributed by atoms with van der Waals surface area (Å²) >= 11 is 0. The molecule has 1 aliphatic heterocycles. The first-order valence-electron chi connectivity index (χ1n) is 11.4. The minimum absolute atomic E-state index is 0.346. The summed E-state index contributed by atoms with van der Waals surface area (Å²) in [5.41, 5.74) is 1.22. The monoisotopic (exact) mass is 405 g/mol. The Morgan fingerprint density at radius 1 is 0.966 bits per heavy atom. The molecule has 1 aromatic carbocycles. The number of hydrogen-bond acceptors (Lipinski definition) is 5. The van der Waals surface area contributed by atoms with Crippen LogP contribution in [0.4, 0.5) is 0 Å². The van der Waals surface area contributed by atoms with Crippen LogP contribution >= 0.6 is 0 Å². The van der Waals surface area contributed by atoms with Crippen molar-refractivity contribution in [2.45, 2.75) is 76.5 Å². The van der Waals surface area contributed by atoms with Gasteiger partial charge in [0.25, 0.3) is 0 Å². The average Bonchev–Trinajstić information content (AvgIpc) is 3.23. The van der Waals surface area contributed by atoms with Gasteiger partial charge >= 0.3 is 0 Å². The first-order valence-corrected chi connectivity index (χ1v) is 11.4. The number of hydrogen-bond donors (Lipinski definition) is 0. The molecule has 3 atom stereocenters. The fourth-order valence-corrected chi connectivity index (χ4v) is 4.64. The Morgan fingerprint density at radius 2 is 1.79 bits per heavy atom. The van der Waals surface area contributed by atoms with Crippen LogP contribution in [0.1, 0.15) is 57.4 Å². The van der Waals surface area contributed by atoms with E-state index in [1.807, 2.05) is 6.07 Å². The van der Waals surface area contributed by atoms with Gasteiger partial charge in [-0.25, -0.2) is 0 Å². The highest BCUT2D eigenvalue weighted by atomic mass is 16.5. The van der Waals surface area contributed by atoms with Gasteiger partial charge in [-0.1, -0.05) is 32.3 Å². The molecular formula is C24H39NO4. The highest BCUT2D eigenvalue weighted by Gasteiger charge is 2.35. The van der Waals surface area contributed by atoms with Gasteiger partial charge in [0, 0.05) is 25.7 Å². The quantitative estimate of drug-likeness (QED) is 0.508. The Kier molecular flexibility index (Phi) is 9.09. The summed E-state index contributed by atoms with van der Waals surface area (Å²) in [6.45, 7) is 6.10. The zero-order valence-electron chi connectivity index (χ0n) is 18.5. The third kappa shape index (κ3) is 6.34. The SMILES string of the molecule is CCCCO[C@@H]1CCN([C@@H]2CCCC[C@H]2OCCc2ccc(OC)c(OC)c2)C1. The molecule has 5 nitrogen and oxygen atoms in total. The number of ether oxygens (including phenoxy) is 4. The van der Waals surface area contributed by atoms with Gasteiger partial charge < -0.3 is 18.9 Å². The van der Waals surface area contributed by atoms with Gasteiger partial charge in [0.2, 0.25) is 0 Å². The van der Waals surface area contributed by atoms with Crippen molar-refractivity contribution >= 4 is 0 Å². The van der Waals surface area contributed by atoms with E-state index in [4.69, 9.17) is 18.9 Å². The molecule has 0 amide bonds. The molecule has 5 heteroatoms. The largest absolute Gasteiger partial charge is 0.493 e. The Hall–Kier alpha value is -1.30. The molecule has 0 spiro atoms. The summed E-state index contributed by atoms with van der Waals surface area (Å²) in [6.07, 6.45) is 10.2. The molecule has 1 saturated heterocycles. The van der Waals surface area contributed by atoms with Crippen molar-refractivity contribution in [2.75, 3.05) is 40.5 Å². The van der Waals surface area contributed by atoms with Gasteiger partial charge in [-0.15, -0.1) is 0 Å². The highest BCUT2D eigenvalue weighted by molar-refractivity contribution is 5.42. The second kappa shape index (κ2) is 11.8. The van der Waals surface area contributed by atoms with Crippen molar-refractivity contribution in [1.82, 2.24) is 4.90 Å². The van der Waals surface area contributed by atoms with E-state index in [1.165, 1.54) is 50.5 Å². The maximum atomic E-state index is 6.42. The van der Waals surface area contributed by atoms with Gasteiger partial charge in [0.05, 0.1) is 33.0 Å². The lowest BCUT2D eigenvalue weighted by atomic mass is 9.91. The van der Waals surface area contributed by atoms with Gasteiger partial charge in [-0.2, -0.15) is 0 Å². The molecule has 1 aromatic rings. The number of benzene rings is 1. The van der Waals surface area contributed by atoms with Gasteiger partial charge in [0.15, 0.2) is 11.5 Å². The van der Waals surface area contributed by atoms with Crippen LogP contribution in [0.2, 0.25) is 0 Å². The van der Waals surface area contributed by atoms with E-state index in [9.17, 15) is 0 Å². The van der Waals surface area contributed by atoms with Crippen LogP contribution in [0, 0.1) is 0 Å². The number of likely N-dealkylation sites (tertiary alicyclic amines) is 1. The summed E-state index contributed by atoms with van der Waals surface area (Å²) in [6, 6.07) is 6.68. The Bertz CT molecular complexity index is 609. The maximum Gasteiger partial charge on any atom is 0.160 e. The lowest BCUT2D eigenvalue weighted by Gasteiger charge is -2.37. The fraction of sp³-hybridized carbons (Fsp3) is 0.750. The lowest BCUT2D eigenvalue weighted by molar-refractivity contribution is -0.0345. The molecule has 0 radical (unpaired) electrons. The van der Waals surface area contributed by atoms with E-state index in [0.717, 1.165) is 44.2 Å². The molecule has 0 bridgehead atoms. The first kappa shape index (κ1) is 22.4. The second-order valence-electron chi connectivity index (χ2n) is 8.33. The van der Waals surface area contributed by atoms with Crippen LogP contribution < -0.4 is 9.47 Å². The molecule has 3 rings (SSSR count). The Balaban J connectivity index is 1.48. The molecule has 164 valence electrons. The van der Waals surface area contributed by atoms with E-state index >= 15 is 0 Å². The van der Waals surface area contributed by atoms with Gasteiger partial charge in [0.1, 0.15) is 0 Å². The normalized spacial score (nSPS) is 25.3. The summed E-state index contributed by atoms with van der Waals surface area (Å²) < 4.78 is 23.2. The van der Waals surface area contributed by atoms with Crippen molar-refractivity contribution < 1.29 is 18.9 Å². The molecule has 0 aromatic heterocycles. The lowest BCUT2D eigenvalue weighted by Crippen LogP contribution is -2.46. The predicted octanol–water partition coefficient (Wildman–Crippen LogP) is 4.47. The van der Waals surface area contributed by atoms with Gasteiger partial charge in [-0.05, 0) is 49.8 Å². The molecule has 1 heterocycles. The summed E-state index contributed by atoms with van der Waals surface area (Å²) in [5, 5.41) is 0. The average molecular weight is 406 g/mol. The van der Waals surface area contributed by atoms with Crippen molar-refractivity contribution in [3.8, 4) is 11.5 Å². The van der Waals surface area contributed by atoms with Crippen LogP contribution in [0.3, 0.4) is 0 Å². The molecule has 2 aliphatic rings. The summed E-state index contributed by atoms with van der Waals surface area (Å²) in [7, 11) is 3.35. The number of unbranched alkanes of at least 4 members (excludes halogenated alkanes) is 1. The molecule has 29 heavy (non-hydrogen) atoms. The smallest absolute Gasteiger partial charge is 0.160 e.